The fourth-order valence-corrected chi connectivity index (χ4v) is 5.88. The number of piperazine rings is 1. The summed E-state index contributed by atoms with van der Waals surface area (Å²) in [6.07, 6.45) is 3.63. The Morgan fingerprint density at radius 3 is 2.60 bits per heavy atom. The molecule has 5 rings (SSSR count). The van der Waals surface area contributed by atoms with Crippen LogP contribution in [0.5, 0.6) is 5.75 Å². The van der Waals surface area contributed by atoms with Gasteiger partial charge in [-0.25, -0.2) is 0 Å². The minimum Gasteiger partial charge on any atom is -0.497 e. The molecule has 0 bridgehead atoms. The van der Waals surface area contributed by atoms with E-state index in [1.807, 2.05) is 45.9 Å². The molecule has 0 radical (unpaired) electrons. The normalized spacial score (nSPS) is 27.5. The van der Waals surface area contributed by atoms with Crippen molar-refractivity contribution in [1.29, 1.82) is 0 Å². The summed E-state index contributed by atoms with van der Waals surface area (Å²) >= 11 is 0. The number of hydrogen-bond acceptors (Lipinski definition) is 5. The van der Waals surface area contributed by atoms with Gasteiger partial charge in [0.25, 0.3) is 11.6 Å². The molecule has 3 aliphatic rings. The topological polar surface area (TPSA) is 95.2 Å². The average molecular weight is 480 g/mol. The number of aromatic nitrogens is 1. The number of ether oxygens (including phenoxy) is 1. The van der Waals surface area contributed by atoms with Gasteiger partial charge in [-0.1, -0.05) is 23.3 Å². The van der Waals surface area contributed by atoms with Crippen LogP contribution in [0.1, 0.15) is 63.9 Å². The predicted octanol–water partition coefficient (Wildman–Crippen LogP) is 3.19. The maximum Gasteiger partial charge on any atom is 0.279 e. The third kappa shape index (κ3) is 3.27. The highest BCUT2D eigenvalue weighted by molar-refractivity contribution is 6.02. The van der Waals surface area contributed by atoms with E-state index in [9.17, 15) is 19.8 Å². The van der Waals surface area contributed by atoms with Crippen LogP contribution in [-0.2, 0) is 16.1 Å². The van der Waals surface area contributed by atoms with Gasteiger partial charge >= 0.3 is 0 Å². The van der Waals surface area contributed by atoms with Gasteiger partial charge in [-0.3, -0.25) is 14.5 Å². The number of amides is 2. The molecule has 2 amide bonds. The zero-order valence-corrected chi connectivity index (χ0v) is 20.9. The lowest BCUT2D eigenvalue weighted by molar-refractivity contribution is -0.229. The smallest absolute Gasteiger partial charge is 0.279 e. The molecule has 0 saturated carbocycles. The molecule has 35 heavy (non-hydrogen) atoms. The first-order valence-electron chi connectivity index (χ1n) is 12.1. The number of hydrogen-bond donors (Lipinski definition) is 2. The summed E-state index contributed by atoms with van der Waals surface area (Å²) in [6, 6.07) is 4.22. The van der Waals surface area contributed by atoms with Gasteiger partial charge in [0.15, 0.2) is 0 Å². The van der Waals surface area contributed by atoms with E-state index >= 15 is 0 Å². The second kappa shape index (κ2) is 8.24. The summed E-state index contributed by atoms with van der Waals surface area (Å²) in [7, 11) is 1.60. The number of fused-ring (bicyclic) bond motifs is 5. The third-order valence-corrected chi connectivity index (χ3v) is 7.46. The van der Waals surface area contributed by atoms with Crippen molar-refractivity contribution in [1.82, 2.24) is 14.4 Å². The molecule has 4 heterocycles. The summed E-state index contributed by atoms with van der Waals surface area (Å²) in [6.45, 7) is 8.79. The number of carbonyl (C=O) groups excluding carboxylic acids is 2. The molecular formula is C27H33N3O5. The Bertz CT molecular complexity index is 1280. The summed E-state index contributed by atoms with van der Waals surface area (Å²) in [5.74, 6) is -0.278. The minimum absolute atomic E-state index is 0.326. The van der Waals surface area contributed by atoms with Crippen LogP contribution in [0.25, 0.3) is 10.9 Å². The zero-order valence-electron chi connectivity index (χ0n) is 20.9. The number of aliphatic hydroxyl groups is 2. The quantitative estimate of drug-likeness (QED) is 0.657. The van der Waals surface area contributed by atoms with Crippen molar-refractivity contribution < 1.29 is 24.5 Å². The van der Waals surface area contributed by atoms with E-state index in [1.54, 1.807) is 13.2 Å². The Balaban J connectivity index is 1.86. The van der Waals surface area contributed by atoms with Crippen LogP contribution in [0, 0.1) is 0 Å². The SMILES string of the molecule is COc1ccc2c3c(n(CC=C(C)C)c2c1)[C@H](C=C(C)C)N1C(=O)[C@@H]2CCCN2C(=O)[C@@]1(O)[C@H]3O. The highest BCUT2D eigenvalue weighted by Gasteiger charge is 2.65. The summed E-state index contributed by atoms with van der Waals surface area (Å²) in [5.41, 5.74) is 1.67. The summed E-state index contributed by atoms with van der Waals surface area (Å²) in [5, 5.41) is 24.4. The third-order valence-electron chi connectivity index (χ3n) is 7.46. The number of allylic oxidation sites excluding steroid dienone is 3. The van der Waals surface area contributed by atoms with Crippen LogP contribution in [0.2, 0.25) is 0 Å². The van der Waals surface area contributed by atoms with Gasteiger partial charge in [0.1, 0.15) is 17.9 Å². The molecule has 2 fully saturated rings. The monoisotopic (exact) mass is 479 g/mol. The standard InChI is InChI=1S/C27H33N3O5/c1-15(2)10-12-28-20-14-17(35-5)8-9-18(20)22-23(28)21(13-16(3)4)30-25(32)19-7-6-11-29(19)26(33)27(30,34)24(22)31/h8-10,13-14,19,21,24,31,34H,6-7,11-12H2,1-5H3/t19-,21-,24-,27-/m0/s1. The molecular weight excluding hydrogens is 446 g/mol. The van der Waals surface area contributed by atoms with E-state index in [-0.39, 0.29) is 5.91 Å². The fraction of sp³-hybridized carbons (Fsp3) is 0.481. The molecule has 1 aromatic carbocycles. The molecule has 2 saturated heterocycles. The number of aliphatic hydroxyl groups excluding tert-OH is 1. The highest BCUT2D eigenvalue weighted by Crippen LogP contribution is 2.52. The highest BCUT2D eigenvalue weighted by atomic mass is 16.5. The lowest BCUT2D eigenvalue weighted by Gasteiger charge is -2.54. The summed E-state index contributed by atoms with van der Waals surface area (Å²) < 4.78 is 7.54. The van der Waals surface area contributed by atoms with Crippen molar-refractivity contribution in [3.63, 3.8) is 0 Å². The Kier molecular flexibility index (Phi) is 5.56. The molecule has 2 aromatic rings. The van der Waals surface area contributed by atoms with E-state index in [1.165, 1.54) is 9.80 Å². The van der Waals surface area contributed by atoms with Gasteiger partial charge < -0.3 is 24.4 Å². The van der Waals surface area contributed by atoms with Crippen molar-refractivity contribution >= 4 is 22.7 Å². The number of methoxy groups -OCH3 is 1. The van der Waals surface area contributed by atoms with Crippen LogP contribution in [-0.4, -0.2) is 61.8 Å². The van der Waals surface area contributed by atoms with Gasteiger partial charge in [-0.05, 0) is 52.7 Å². The Labute approximate surface area is 205 Å². The van der Waals surface area contributed by atoms with Crippen molar-refractivity contribution in [3.8, 4) is 5.75 Å². The first-order chi connectivity index (χ1) is 16.6. The molecule has 0 aliphatic carbocycles. The maximum atomic E-state index is 13.8. The predicted molar refractivity (Wildman–Crippen MR) is 132 cm³/mol. The molecule has 8 nitrogen and oxygen atoms in total. The number of carbonyl (C=O) groups is 2. The average Bonchev–Trinajstić information content (AvgIpc) is 3.42. The fourth-order valence-electron chi connectivity index (χ4n) is 5.88. The van der Waals surface area contributed by atoms with Crippen LogP contribution in [0.3, 0.4) is 0 Å². The lowest BCUT2D eigenvalue weighted by Crippen LogP contribution is -2.74. The van der Waals surface area contributed by atoms with Crippen LogP contribution < -0.4 is 4.74 Å². The molecule has 0 spiro atoms. The number of benzene rings is 1. The van der Waals surface area contributed by atoms with Crippen molar-refractivity contribution in [2.75, 3.05) is 13.7 Å². The van der Waals surface area contributed by atoms with Gasteiger partial charge in [-0.2, -0.15) is 0 Å². The van der Waals surface area contributed by atoms with Gasteiger partial charge in [0, 0.05) is 30.1 Å². The van der Waals surface area contributed by atoms with Crippen LogP contribution >= 0.6 is 0 Å². The molecule has 4 atom stereocenters. The molecule has 186 valence electrons. The van der Waals surface area contributed by atoms with Crippen molar-refractivity contribution in [3.05, 3.63) is 52.8 Å². The first kappa shape index (κ1) is 23.6. The largest absolute Gasteiger partial charge is 0.497 e. The molecule has 0 unspecified atom stereocenters. The molecule has 1 aromatic heterocycles. The maximum absolute atomic E-state index is 13.8. The summed E-state index contributed by atoms with van der Waals surface area (Å²) in [4.78, 5) is 30.2. The van der Waals surface area contributed by atoms with Gasteiger partial charge in [-0.15, -0.1) is 0 Å². The van der Waals surface area contributed by atoms with E-state index in [2.05, 4.69) is 10.6 Å². The van der Waals surface area contributed by atoms with E-state index in [4.69, 9.17) is 4.74 Å². The second-order valence-electron chi connectivity index (χ2n) is 10.3. The number of rotatable bonds is 4. The Hall–Kier alpha value is -3.10. The lowest BCUT2D eigenvalue weighted by atomic mass is 9.82. The van der Waals surface area contributed by atoms with E-state index < -0.39 is 29.8 Å². The molecule has 2 N–H and O–H groups in total. The zero-order chi connectivity index (χ0) is 25.2. The van der Waals surface area contributed by atoms with Crippen LogP contribution in [0.15, 0.2) is 41.5 Å². The van der Waals surface area contributed by atoms with Crippen LogP contribution in [0.4, 0.5) is 0 Å². The first-order valence-corrected chi connectivity index (χ1v) is 12.1. The Morgan fingerprint density at radius 2 is 1.94 bits per heavy atom. The molecule has 8 heteroatoms. The minimum atomic E-state index is -2.38. The van der Waals surface area contributed by atoms with Gasteiger partial charge in [0.2, 0.25) is 5.91 Å². The van der Waals surface area contributed by atoms with E-state index in [0.717, 1.165) is 22.0 Å². The van der Waals surface area contributed by atoms with Gasteiger partial charge in [0.05, 0.1) is 24.4 Å². The van der Waals surface area contributed by atoms with Crippen molar-refractivity contribution in [2.45, 2.75) is 71.0 Å². The van der Waals surface area contributed by atoms with E-state index in [0.29, 0.717) is 42.9 Å². The van der Waals surface area contributed by atoms with Crippen molar-refractivity contribution in [2.24, 2.45) is 0 Å². The molecule has 3 aliphatic heterocycles. The second-order valence-corrected chi connectivity index (χ2v) is 10.3. The Morgan fingerprint density at radius 1 is 1.20 bits per heavy atom. The number of nitrogens with zero attached hydrogens (tertiary/aromatic N) is 3.